The molecule has 0 unspecified atom stereocenters. The fraction of sp³-hybridized carbons (Fsp3) is 0.471. The minimum Gasteiger partial charge on any atom is -0.352 e. The largest absolute Gasteiger partial charge is 0.416 e. The molecule has 1 amide bonds. The van der Waals surface area contributed by atoms with Crippen molar-refractivity contribution in [3.05, 3.63) is 46.5 Å². The summed E-state index contributed by atoms with van der Waals surface area (Å²) in [6.07, 6.45) is -0.661. The fourth-order valence-electron chi connectivity index (χ4n) is 2.13. The van der Waals surface area contributed by atoms with Gasteiger partial charge in [-0.15, -0.1) is 0 Å². The third-order valence-corrected chi connectivity index (χ3v) is 3.52. The Morgan fingerprint density at radius 2 is 1.91 bits per heavy atom. The van der Waals surface area contributed by atoms with Gasteiger partial charge in [0.15, 0.2) is 0 Å². The van der Waals surface area contributed by atoms with Crippen molar-refractivity contribution >= 4 is 5.91 Å². The highest BCUT2D eigenvalue weighted by Gasteiger charge is 2.30. The molecule has 0 saturated heterocycles. The molecule has 0 saturated carbocycles. The summed E-state index contributed by atoms with van der Waals surface area (Å²) in [7, 11) is 0. The Morgan fingerprint density at radius 1 is 1.23 bits per heavy atom. The Bertz CT molecular complexity index is 547. The van der Waals surface area contributed by atoms with Gasteiger partial charge < -0.3 is 5.32 Å². The van der Waals surface area contributed by atoms with Gasteiger partial charge in [0.25, 0.3) is 0 Å². The molecule has 0 bridgehead atoms. The number of nitrogens with one attached hydrogen (secondary N) is 1. The summed E-state index contributed by atoms with van der Waals surface area (Å²) >= 11 is 0. The molecule has 2 nitrogen and oxygen atoms in total. The molecule has 1 aromatic carbocycles. The zero-order valence-corrected chi connectivity index (χ0v) is 13.2. The van der Waals surface area contributed by atoms with Gasteiger partial charge in [-0.25, -0.2) is 0 Å². The van der Waals surface area contributed by atoms with Crippen LogP contribution in [0.15, 0.2) is 29.8 Å². The van der Waals surface area contributed by atoms with Crippen LogP contribution in [0.25, 0.3) is 0 Å². The Balaban J connectivity index is 2.84. The predicted octanol–water partition coefficient (Wildman–Crippen LogP) is 4.28. The summed E-state index contributed by atoms with van der Waals surface area (Å²) in [5, 5.41) is 2.72. The lowest BCUT2D eigenvalue weighted by atomic mass is 9.97. The normalized spacial score (nSPS) is 12.4. The second-order valence-electron chi connectivity index (χ2n) is 5.21. The number of carbonyl (C=O) groups is 1. The molecule has 0 fully saturated rings. The number of amides is 1. The third kappa shape index (κ3) is 5.20. The average Bonchev–Trinajstić information content (AvgIpc) is 2.46. The first-order valence-corrected chi connectivity index (χ1v) is 7.39. The van der Waals surface area contributed by atoms with Gasteiger partial charge in [-0.3, -0.25) is 4.79 Å². The average molecular weight is 313 g/mol. The number of hydrogen-bond acceptors (Lipinski definition) is 1. The minimum atomic E-state index is -4.34. The molecule has 22 heavy (non-hydrogen) atoms. The molecule has 0 aliphatic rings. The van der Waals surface area contributed by atoms with Crippen molar-refractivity contribution in [1.82, 2.24) is 5.32 Å². The minimum absolute atomic E-state index is 0.188. The first-order chi connectivity index (χ1) is 10.3. The summed E-state index contributed by atoms with van der Waals surface area (Å²) in [5.74, 6) is -0.188. The monoisotopic (exact) mass is 313 g/mol. The van der Waals surface area contributed by atoms with E-state index in [4.69, 9.17) is 0 Å². The lowest BCUT2D eigenvalue weighted by Gasteiger charge is -2.14. The first-order valence-electron chi connectivity index (χ1n) is 7.39. The lowest BCUT2D eigenvalue weighted by molar-refractivity contribution is -0.137. The maximum absolute atomic E-state index is 12.8. The summed E-state index contributed by atoms with van der Waals surface area (Å²) < 4.78 is 38.4. The summed E-state index contributed by atoms with van der Waals surface area (Å²) in [6, 6.07) is 3.86. The Morgan fingerprint density at radius 3 is 2.45 bits per heavy atom. The zero-order valence-electron chi connectivity index (χ0n) is 13.2. The highest BCUT2D eigenvalue weighted by molar-refractivity contribution is 5.92. The molecular weight excluding hydrogens is 291 g/mol. The number of alkyl halides is 3. The van der Waals surface area contributed by atoms with E-state index >= 15 is 0 Å². The van der Waals surface area contributed by atoms with Crippen LogP contribution in [0, 0.1) is 0 Å². The van der Waals surface area contributed by atoms with Crippen LogP contribution in [-0.2, 0) is 23.8 Å². The van der Waals surface area contributed by atoms with Crippen molar-refractivity contribution in [1.29, 1.82) is 0 Å². The van der Waals surface area contributed by atoms with Crippen molar-refractivity contribution < 1.29 is 18.0 Å². The highest BCUT2D eigenvalue weighted by atomic mass is 19.4. The van der Waals surface area contributed by atoms with Crippen molar-refractivity contribution in [2.75, 3.05) is 6.54 Å². The molecule has 0 spiro atoms. The predicted molar refractivity (Wildman–Crippen MR) is 81.6 cm³/mol. The number of benzene rings is 1. The molecule has 122 valence electrons. The van der Waals surface area contributed by atoms with Gasteiger partial charge in [0.2, 0.25) is 5.91 Å². The molecule has 0 atom stereocenters. The van der Waals surface area contributed by atoms with Crippen molar-refractivity contribution in [2.45, 2.75) is 46.2 Å². The van der Waals surface area contributed by atoms with E-state index in [0.717, 1.165) is 24.5 Å². The van der Waals surface area contributed by atoms with Crippen LogP contribution in [-0.4, -0.2) is 12.5 Å². The third-order valence-electron chi connectivity index (χ3n) is 3.52. The van der Waals surface area contributed by atoms with Crippen molar-refractivity contribution in [3.8, 4) is 0 Å². The van der Waals surface area contributed by atoms with Crippen molar-refractivity contribution in [2.24, 2.45) is 0 Å². The molecule has 0 aliphatic carbocycles. The Labute approximate surface area is 129 Å². The second-order valence-corrected chi connectivity index (χ2v) is 5.21. The zero-order chi connectivity index (χ0) is 16.8. The van der Waals surface area contributed by atoms with E-state index in [9.17, 15) is 18.0 Å². The second kappa shape index (κ2) is 8.01. The van der Waals surface area contributed by atoms with Gasteiger partial charge >= 0.3 is 6.18 Å². The molecule has 0 radical (unpaired) electrons. The number of halogens is 3. The van der Waals surface area contributed by atoms with E-state index in [1.54, 1.807) is 26.0 Å². The molecule has 5 heteroatoms. The fourth-order valence-corrected chi connectivity index (χ4v) is 2.13. The van der Waals surface area contributed by atoms with Gasteiger partial charge in [0.1, 0.15) is 0 Å². The van der Waals surface area contributed by atoms with Crippen LogP contribution in [0.4, 0.5) is 13.2 Å². The summed E-state index contributed by atoms with van der Waals surface area (Å²) in [6.45, 7) is 5.77. The SMILES string of the molecule is C/C=C(/C)C(=O)NCCc1cc(C(F)(F)F)ccc1CCC. The molecule has 1 rings (SSSR count). The van der Waals surface area contributed by atoms with E-state index in [1.165, 1.54) is 6.07 Å². The molecule has 1 N–H and O–H groups in total. The van der Waals surface area contributed by atoms with Gasteiger partial charge in [-0.2, -0.15) is 13.2 Å². The molecule has 0 aromatic heterocycles. The van der Waals surface area contributed by atoms with Gasteiger partial charge in [-0.05, 0) is 49.9 Å². The molecule has 1 aromatic rings. The van der Waals surface area contributed by atoms with E-state index in [2.05, 4.69) is 5.32 Å². The lowest BCUT2D eigenvalue weighted by Crippen LogP contribution is -2.26. The molecule has 0 aliphatic heterocycles. The number of carbonyl (C=O) groups excluding carboxylic acids is 1. The van der Waals surface area contributed by atoms with Gasteiger partial charge in [-0.1, -0.05) is 25.5 Å². The van der Waals surface area contributed by atoms with Crippen LogP contribution in [0.2, 0.25) is 0 Å². The number of hydrogen-bond donors (Lipinski definition) is 1. The maximum Gasteiger partial charge on any atom is 0.416 e. The molecule has 0 heterocycles. The van der Waals surface area contributed by atoms with Crippen LogP contribution in [0.3, 0.4) is 0 Å². The van der Waals surface area contributed by atoms with Gasteiger partial charge in [0, 0.05) is 12.1 Å². The van der Waals surface area contributed by atoms with Crippen LogP contribution >= 0.6 is 0 Å². The smallest absolute Gasteiger partial charge is 0.352 e. The van der Waals surface area contributed by atoms with E-state index in [1.807, 2.05) is 6.92 Å². The molecular formula is C17H22F3NO. The Hall–Kier alpha value is -1.78. The van der Waals surface area contributed by atoms with E-state index in [-0.39, 0.29) is 5.91 Å². The van der Waals surface area contributed by atoms with Crippen LogP contribution in [0.5, 0.6) is 0 Å². The van der Waals surface area contributed by atoms with E-state index in [0.29, 0.717) is 24.1 Å². The quantitative estimate of drug-likeness (QED) is 0.780. The Kier molecular flexibility index (Phi) is 6.65. The maximum atomic E-state index is 12.8. The van der Waals surface area contributed by atoms with Crippen molar-refractivity contribution in [3.63, 3.8) is 0 Å². The van der Waals surface area contributed by atoms with Crippen LogP contribution in [0.1, 0.15) is 43.9 Å². The number of allylic oxidation sites excluding steroid dienone is 1. The first kappa shape index (κ1) is 18.3. The van der Waals surface area contributed by atoms with Gasteiger partial charge in [0.05, 0.1) is 5.56 Å². The summed E-state index contributed by atoms with van der Waals surface area (Å²) in [4.78, 5) is 11.6. The topological polar surface area (TPSA) is 29.1 Å². The highest BCUT2D eigenvalue weighted by Crippen LogP contribution is 2.31. The van der Waals surface area contributed by atoms with Crippen LogP contribution < -0.4 is 5.32 Å². The van der Waals surface area contributed by atoms with E-state index < -0.39 is 11.7 Å². The summed E-state index contributed by atoms with van der Waals surface area (Å²) in [5.41, 5.74) is 1.51. The number of rotatable bonds is 6. The number of aryl methyl sites for hydroxylation is 1. The standard InChI is InChI=1S/C17H22F3NO/c1-4-6-13-7-8-15(17(18,19)20)11-14(13)9-10-21-16(22)12(3)5-2/h5,7-8,11H,4,6,9-10H2,1-3H3,(H,21,22)/b12-5-.